The van der Waals surface area contributed by atoms with Crippen LogP contribution in [-0.2, 0) is 11.0 Å². The molecule has 0 aliphatic heterocycles. The first-order valence-corrected chi connectivity index (χ1v) is 5.29. The summed E-state index contributed by atoms with van der Waals surface area (Å²) in [4.78, 5) is 12.8. The number of carbonyl (C=O) groups excluding carboxylic acids is 1. The summed E-state index contributed by atoms with van der Waals surface area (Å²) in [6.07, 6.45) is -2.95. The molecule has 2 nitrogen and oxygen atoms in total. The fraction of sp³-hybridized carbons (Fsp3) is 0.308. The third-order valence-electron chi connectivity index (χ3n) is 2.45. The predicted molar refractivity (Wildman–Crippen MR) is 63.8 cm³/mol. The van der Waals surface area contributed by atoms with Crippen molar-refractivity contribution in [2.45, 2.75) is 13.1 Å². The van der Waals surface area contributed by atoms with Crippen LogP contribution in [0.15, 0.2) is 30.3 Å². The highest BCUT2D eigenvalue weighted by atomic mass is 19.4. The molecule has 0 atom stereocenters. The SMILES string of the molecule is C/C(=C/C(=O)N(C)C)c1ccc(C(F)(F)F)cc1. The number of benzene rings is 1. The molecule has 1 amide bonds. The molecule has 0 aromatic heterocycles. The molecule has 5 heteroatoms. The topological polar surface area (TPSA) is 20.3 Å². The van der Waals surface area contributed by atoms with E-state index in [4.69, 9.17) is 0 Å². The van der Waals surface area contributed by atoms with Gasteiger partial charge >= 0.3 is 6.18 Å². The Morgan fingerprint density at radius 2 is 1.67 bits per heavy atom. The van der Waals surface area contributed by atoms with Gasteiger partial charge in [0.2, 0.25) is 5.91 Å². The first kappa shape index (κ1) is 14.3. The molecule has 1 rings (SSSR count). The Hall–Kier alpha value is -1.78. The molecule has 0 heterocycles. The Bertz CT molecular complexity index is 458. The van der Waals surface area contributed by atoms with Crippen molar-refractivity contribution < 1.29 is 18.0 Å². The number of nitrogens with zero attached hydrogens (tertiary/aromatic N) is 1. The highest BCUT2D eigenvalue weighted by Gasteiger charge is 2.29. The lowest BCUT2D eigenvalue weighted by Gasteiger charge is -2.09. The molecule has 98 valence electrons. The molecule has 1 aromatic carbocycles. The highest BCUT2D eigenvalue weighted by Crippen LogP contribution is 2.29. The van der Waals surface area contributed by atoms with E-state index in [1.165, 1.54) is 23.1 Å². The van der Waals surface area contributed by atoms with E-state index in [-0.39, 0.29) is 5.91 Å². The van der Waals surface area contributed by atoms with Gasteiger partial charge in [0.25, 0.3) is 0 Å². The van der Waals surface area contributed by atoms with Gasteiger partial charge in [0, 0.05) is 20.2 Å². The van der Waals surface area contributed by atoms with Crippen molar-refractivity contribution in [2.24, 2.45) is 0 Å². The number of alkyl halides is 3. The second kappa shape index (κ2) is 5.25. The third kappa shape index (κ3) is 3.61. The van der Waals surface area contributed by atoms with Crippen LogP contribution in [0.4, 0.5) is 13.2 Å². The van der Waals surface area contributed by atoms with Crippen molar-refractivity contribution in [1.29, 1.82) is 0 Å². The maximum atomic E-state index is 12.4. The van der Waals surface area contributed by atoms with Crippen LogP contribution >= 0.6 is 0 Å². The third-order valence-corrected chi connectivity index (χ3v) is 2.45. The van der Waals surface area contributed by atoms with Gasteiger partial charge in [-0.15, -0.1) is 0 Å². The van der Waals surface area contributed by atoms with Gasteiger partial charge < -0.3 is 4.90 Å². The standard InChI is InChI=1S/C13H14F3NO/c1-9(8-12(18)17(2)3)10-4-6-11(7-5-10)13(14,15)16/h4-8H,1-3H3/b9-8-. The van der Waals surface area contributed by atoms with E-state index in [1.807, 2.05) is 0 Å². The predicted octanol–water partition coefficient (Wildman–Crippen LogP) is 3.20. The molecule has 0 bridgehead atoms. The van der Waals surface area contributed by atoms with Gasteiger partial charge in [-0.2, -0.15) is 13.2 Å². The first-order valence-electron chi connectivity index (χ1n) is 5.29. The van der Waals surface area contributed by atoms with E-state index >= 15 is 0 Å². The monoisotopic (exact) mass is 257 g/mol. The summed E-state index contributed by atoms with van der Waals surface area (Å²) < 4.78 is 37.1. The lowest BCUT2D eigenvalue weighted by atomic mass is 10.0. The van der Waals surface area contributed by atoms with Crippen LogP contribution in [0.1, 0.15) is 18.1 Å². The van der Waals surface area contributed by atoms with Crippen LogP contribution in [0, 0.1) is 0 Å². The highest BCUT2D eigenvalue weighted by molar-refractivity contribution is 5.94. The largest absolute Gasteiger partial charge is 0.416 e. The van der Waals surface area contributed by atoms with Crippen molar-refractivity contribution >= 4 is 11.5 Å². The van der Waals surface area contributed by atoms with Crippen molar-refractivity contribution in [3.8, 4) is 0 Å². The molecule has 0 spiro atoms. The molecule has 0 unspecified atom stereocenters. The molecule has 18 heavy (non-hydrogen) atoms. The normalized spacial score (nSPS) is 12.4. The van der Waals surface area contributed by atoms with E-state index < -0.39 is 11.7 Å². The molecular formula is C13H14F3NO. The van der Waals surface area contributed by atoms with Crippen LogP contribution in [0.5, 0.6) is 0 Å². The summed E-state index contributed by atoms with van der Waals surface area (Å²) in [6.45, 7) is 1.68. The van der Waals surface area contributed by atoms with Gasteiger partial charge in [-0.1, -0.05) is 12.1 Å². The Morgan fingerprint density at radius 1 is 1.17 bits per heavy atom. The van der Waals surface area contributed by atoms with E-state index in [0.29, 0.717) is 11.1 Å². The van der Waals surface area contributed by atoms with Crippen molar-refractivity contribution in [2.75, 3.05) is 14.1 Å². The molecule has 0 saturated heterocycles. The first-order chi connectivity index (χ1) is 8.21. The van der Waals surface area contributed by atoms with E-state index in [9.17, 15) is 18.0 Å². The average Bonchev–Trinajstić information content (AvgIpc) is 2.27. The summed E-state index contributed by atoms with van der Waals surface area (Å²) in [6, 6.07) is 4.73. The zero-order chi connectivity index (χ0) is 13.9. The molecule has 0 radical (unpaired) electrons. The quantitative estimate of drug-likeness (QED) is 0.745. The lowest BCUT2D eigenvalue weighted by Crippen LogP contribution is -2.19. The Labute approximate surface area is 104 Å². The Balaban J connectivity index is 2.96. The van der Waals surface area contributed by atoms with Crippen LogP contribution in [-0.4, -0.2) is 24.9 Å². The molecule has 0 saturated carbocycles. The van der Waals surface area contributed by atoms with Gasteiger partial charge in [0.15, 0.2) is 0 Å². The summed E-state index contributed by atoms with van der Waals surface area (Å²) in [5.74, 6) is -0.201. The van der Waals surface area contributed by atoms with Crippen molar-refractivity contribution in [1.82, 2.24) is 4.90 Å². The summed E-state index contributed by atoms with van der Waals surface area (Å²) in [5, 5.41) is 0. The Morgan fingerprint density at radius 3 is 2.06 bits per heavy atom. The van der Waals surface area contributed by atoms with Gasteiger partial charge in [0.1, 0.15) is 0 Å². The number of halogens is 3. The second-order valence-corrected chi connectivity index (χ2v) is 4.14. The second-order valence-electron chi connectivity index (χ2n) is 4.14. The van der Waals surface area contributed by atoms with Crippen molar-refractivity contribution in [3.05, 3.63) is 41.5 Å². The number of hydrogen-bond acceptors (Lipinski definition) is 1. The molecule has 0 fully saturated rings. The number of likely N-dealkylation sites (N-methyl/N-ethyl adjacent to an activating group) is 1. The summed E-state index contributed by atoms with van der Waals surface area (Å²) in [7, 11) is 3.22. The number of hydrogen-bond donors (Lipinski definition) is 0. The lowest BCUT2D eigenvalue weighted by molar-refractivity contribution is -0.137. The van der Waals surface area contributed by atoms with Crippen LogP contribution in [0.3, 0.4) is 0 Å². The number of allylic oxidation sites excluding steroid dienone is 1. The smallest absolute Gasteiger partial charge is 0.345 e. The number of carbonyl (C=O) groups is 1. The summed E-state index contributed by atoms with van der Waals surface area (Å²) in [5.41, 5.74) is 0.526. The van der Waals surface area contributed by atoms with Gasteiger partial charge in [-0.3, -0.25) is 4.79 Å². The van der Waals surface area contributed by atoms with Gasteiger partial charge in [-0.05, 0) is 30.2 Å². The average molecular weight is 257 g/mol. The minimum Gasteiger partial charge on any atom is -0.345 e. The van der Waals surface area contributed by atoms with E-state index in [0.717, 1.165) is 12.1 Å². The Kier molecular flexibility index (Phi) is 4.16. The van der Waals surface area contributed by atoms with Gasteiger partial charge in [-0.25, -0.2) is 0 Å². The van der Waals surface area contributed by atoms with Crippen LogP contribution < -0.4 is 0 Å². The van der Waals surface area contributed by atoms with Gasteiger partial charge in [0.05, 0.1) is 5.56 Å². The van der Waals surface area contributed by atoms with Crippen LogP contribution in [0.2, 0.25) is 0 Å². The molecule has 0 N–H and O–H groups in total. The minimum absolute atomic E-state index is 0.201. The number of rotatable bonds is 2. The van der Waals surface area contributed by atoms with E-state index in [2.05, 4.69) is 0 Å². The minimum atomic E-state index is -4.34. The number of amides is 1. The molecule has 1 aromatic rings. The molecule has 0 aliphatic rings. The summed E-state index contributed by atoms with van der Waals surface area (Å²) >= 11 is 0. The van der Waals surface area contributed by atoms with E-state index in [1.54, 1.807) is 21.0 Å². The van der Waals surface area contributed by atoms with Crippen molar-refractivity contribution in [3.63, 3.8) is 0 Å². The van der Waals surface area contributed by atoms with Crippen LogP contribution in [0.25, 0.3) is 5.57 Å². The fourth-order valence-electron chi connectivity index (χ4n) is 1.32. The molecule has 0 aliphatic carbocycles. The zero-order valence-corrected chi connectivity index (χ0v) is 10.4. The zero-order valence-electron chi connectivity index (χ0n) is 10.4. The molecular weight excluding hydrogens is 243 g/mol. The fourth-order valence-corrected chi connectivity index (χ4v) is 1.32. The maximum Gasteiger partial charge on any atom is 0.416 e. The maximum absolute atomic E-state index is 12.4.